The standard InChI is InChI=1S/C30H22N4O3S/c35-28(31-22-15-17-24(18-16-22)37-23-10-2-1-3-11-23)20-38-30-33-32-29(27-14-7-19-36-27)34(30)26-13-6-9-21-8-4-5-12-25(21)26/h1-19H,20H2,(H,31,35). The summed E-state index contributed by atoms with van der Waals surface area (Å²) in [6.07, 6.45) is 1.61. The Kier molecular flexibility index (Phi) is 6.61. The fourth-order valence-electron chi connectivity index (χ4n) is 4.11. The molecule has 0 unspecified atom stereocenters. The number of para-hydroxylation sites is 1. The van der Waals surface area contributed by atoms with Gasteiger partial charge in [-0.15, -0.1) is 10.2 Å². The van der Waals surface area contributed by atoms with E-state index in [4.69, 9.17) is 9.15 Å². The van der Waals surface area contributed by atoms with Crippen LogP contribution < -0.4 is 10.1 Å². The molecule has 6 aromatic rings. The van der Waals surface area contributed by atoms with Gasteiger partial charge in [-0.2, -0.15) is 0 Å². The van der Waals surface area contributed by atoms with Gasteiger partial charge in [-0.1, -0.05) is 66.4 Å². The van der Waals surface area contributed by atoms with Gasteiger partial charge < -0.3 is 14.5 Å². The predicted molar refractivity (Wildman–Crippen MR) is 149 cm³/mol. The molecule has 0 spiro atoms. The molecule has 1 amide bonds. The molecule has 0 aliphatic rings. The van der Waals surface area contributed by atoms with E-state index in [2.05, 4.69) is 33.7 Å². The Bertz CT molecular complexity index is 1680. The topological polar surface area (TPSA) is 82.2 Å². The minimum atomic E-state index is -0.154. The van der Waals surface area contributed by atoms with Gasteiger partial charge in [-0.3, -0.25) is 9.36 Å². The number of hydrogen-bond donors (Lipinski definition) is 1. The molecule has 1 N–H and O–H groups in total. The zero-order valence-corrected chi connectivity index (χ0v) is 21.0. The first-order valence-electron chi connectivity index (χ1n) is 12.0. The van der Waals surface area contributed by atoms with Crippen molar-refractivity contribution in [3.8, 4) is 28.8 Å². The van der Waals surface area contributed by atoms with Crippen molar-refractivity contribution in [1.29, 1.82) is 0 Å². The van der Waals surface area contributed by atoms with E-state index in [9.17, 15) is 4.79 Å². The van der Waals surface area contributed by atoms with Gasteiger partial charge in [0.25, 0.3) is 0 Å². The van der Waals surface area contributed by atoms with Crippen molar-refractivity contribution in [3.63, 3.8) is 0 Å². The number of benzene rings is 4. The van der Waals surface area contributed by atoms with Crippen LogP contribution in [0.2, 0.25) is 0 Å². The first kappa shape index (κ1) is 23.6. The number of furan rings is 1. The third kappa shape index (κ3) is 5.02. The lowest BCUT2D eigenvalue weighted by molar-refractivity contribution is -0.113. The summed E-state index contributed by atoms with van der Waals surface area (Å²) in [5.41, 5.74) is 1.60. The van der Waals surface area contributed by atoms with E-state index in [-0.39, 0.29) is 11.7 Å². The number of nitrogens with zero attached hydrogens (tertiary/aromatic N) is 3. The van der Waals surface area contributed by atoms with Crippen molar-refractivity contribution in [1.82, 2.24) is 14.8 Å². The van der Waals surface area contributed by atoms with Crippen molar-refractivity contribution in [2.75, 3.05) is 11.1 Å². The number of ether oxygens (including phenoxy) is 1. The number of anilines is 1. The molecular formula is C30H22N4O3S. The van der Waals surface area contributed by atoms with Crippen LogP contribution in [0.3, 0.4) is 0 Å². The van der Waals surface area contributed by atoms with Crippen LogP contribution in [0.5, 0.6) is 11.5 Å². The number of rotatable bonds is 8. The summed E-state index contributed by atoms with van der Waals surface area (Å²) in [4.78, 5) is 12.8. The van der Waals surface area contributed by atoms with E-state index in [1.165, 1.54) is 11.8 Å². The van der Waals surface area contributed by atoms with Crippen molar-refractivity contribution in [2.45, 2.75) is 5.16 Å². The Morgan fingerprint density at radius 3 is 2.39 bits per heavy atom. The molecule has 7 nitrogen and oxygen atoms in total. The maximum absolute atomic E-state index is 12.8. The molecule has 2 aromatic heterocycles. The Morgan fingerprint density at radius 1 is 0.816 bits per heavy atom. The first-order valence-corrected chi connectivity index (χ1v) is 13.0. The lowest BCUT2D eigenvalue weighted by Gasteiger charge is -2.12. The second-order valence-corrected chi connectivity index (χ2v) is 9.34. The van der Waals surface area contributed by atoms with Crippen LogP contribution in [0.15, 0.2) is 125 Å². The molecule has 4 aromatic carbocycles. The van der Waals surface area contributed by atoms with Gasteiger partial charge in [-0.05, 0) is 60.0 Å². The highest BCUT2D eigenvalue weighted by Gasteiger charge is 2.20. The molecule has 0 aliphatic carbocycles. The third-order valence-corrected chi connectivity index (χ3v) is 6.76. The minimum absolute atomic E-state index is 0.154. The molecule has 0 radical (unpaired) electrons. The SMILES string of the molecule is O=C(CSc1nnc(-c2ccco2)n1-c1cccc2ccccc12)Nc1ccc(Oc2ccccc2)cc1. The number of fused-ring (bicyclic) bond motifs is 1. The molecule has 186 valence electrons. The third-order valence-electron chi connectivity index (χ3n) is 5.83. The predicted octanol–water partition coefficient (Wildman–Crippen LogP) is 7.20. The summed E-state index contributed by atoms with van der Waals surface area (Å²) < 4.78 is 13.4. The summed E-state index contributed by atoms with van der Waals surface area (Å²) in [6, 6.07) is 34.7. The van der Waals surface area contributed by atoms with Gasteiger partial charge in [0, 0.05) is 11.1 Å². The number of hydrogen-bond acceptors (Lipinski definition) is 6. The Morgan fingerprint density at radius 2 is 1.58 bits per heavy atom. The average Bonchev–Trinajstić information content (AvgIpc) is 3.63. The van der Waals surface area contributed by atoms with Gasteiger partial charge in [0.05, 0.1) is 17.7 Å². The van der Waals surface area contributed by atoms with Crippen LogP contribution in [0.1, 0.15) is 0 Å². The van der Waals surface area contributed by atoms with Gasteiger partial charge in [-0.25, -0.2) is 0 Å². The van der Waals surface area contributed by atoms with E-state index in [0.717, 1.165) is 22.2 Å². The van der Waals surface area contributed by atoms with Gasteiger partial charge in [0.15, 0.2) is 10.9 Å². The summed E-state index contributed by atoms with van der Waals surface area (Å²) in [7, 11) is 0. The van der Waals surface area contributed by atoms with Crippen LogP contribution in [0.25, 0.3) is 28.0 Å². The number of thioether (sulfide) groups is 1. The molecule has 2 heterocycles. The molecule has 0 saturated heterocycles. The van der Waals surface area contributed by atoms with Gasteiger partial charge >= 0.3 is 0 Å². The zero-order valence-electron chi connectivity index (χ0n) is 20.2. The molecule has 6 rings (SSSR count). The lowest BCUT2D eigenvalue weighted by atomic mass is 10.1. The molecule has 0 atom stereocenters. The normalized spacial score (nSPS) is 10.9. The highest BCUT2D eigenvalue weighted by Crippen LogP contribution is 2.32. The molecule has 8 heteroatoms. The Labute approximate surface area is 223 Å². The van der Waals surface area contributed by atoms with Crippen molar-refractivity contribution < 1.29 is 13.9 Å². The zero-order chi connectivity index (χ0) is 25.7. The maximum Gasteiger partial charge on any atom is 0.234 e. The van der Waals surface area contributed by atoms with E-state index >= 15 is 0 Å². The van der Waals surface area contributed by atoms with Crippen LogP contribution in [0.4, 0.5) is 5.69 Å². The Balaban J connectivity index is 1.20. The maximum atomic E-state index is 12.8. The fraction of sp³-hybridized carbons (Fsp3) is 0.0333. The van der Waals surface area contributed by atoms with Crippen LogP contribution >= 0.6 is 11.8 Å². The summed E-state index contributed by atoms with van der Waals surface area (Å²) in [6.45, 7) is 0. The minimum Gasteiger partial charge on any atom is -0.461 e. The molecule has 38 heavy (non-hydrogen) atoms. The number of carbonyl (C=O) groups excluding carboxylic acids is 1. The summed E-state index contributed by atoms with van der Waals surface area (Å²) >= 11 is 1.31. The van der Waals surface area contributed by atoms with Crippen LogP contribution in [0, 0.1) is 0 Å². The largest absolute Gasteiger partial charge is 0.461 e. The van der Waals surface area contributed by atoms with E-state index in [0.29, 0.717) is 28.2 Å². The van der Waals surface area contributed by atoms with Gasteiger partial charge in [0.1, 0.15) is 11.5 Å². The monoisotopic (exact) mass is 518 g/mol. The quantitative estimate of drug-likeness (QED) is 0.215. The highest BCUT2D eigenvalue weighted by molar-refractivity contribution is 7.99. The van der Waals surface area contributed by atoms with E-state index in [1.54, 1.807) is 6.26 Å². The van der Waals surface area contributed by atoms with E-state index < -0.39 is 0 Å². The van der Waals surface area contributed by atoms with Crippen molar-refractivity contribution in [3.05, 3.63) is 115 Å². The smallest absolute Gasteiger partial charge is 0.234 e. The number of amides is 1. The van der Waals surface area contributed by atoms with Crippen molar-refractivity contribution in [2.24, 2.45) is 0 Å². The van der Waals surface area contributed by atoms with Crippen LogP contribution in [-0.4, -0.2) is 26.4 Å². The van der Waals surface area contributed by atoms with Gasteiger partial charge in [0.2, 0.25) is 11.7 Å². The second kappa shape index (κ2) is 10.7. The lowest BCUT2D eigenvalue weighted by Crippen LogP contribution is -2.14. The molecule has 0 aliphatic heterocycles. The Hall–Kier alpha value is -4.82. The van der Waals surface area contributed by atoms with Crippen LogP contribution in [-0.2, 0) is 4.79 Å². The average molecular weight is 519 g/mol. The molecular weight excluding hydrogens is 496 g/mol. The second-order valence-electron chi connectivity index (χ2n) is 8.39. The summed E-state index contributed by atoms with van der Waals surface area (Å²) in [5.74, 6) is 2.62. The number of carbonyl (C=O) groups is 1. The molecule has 0 fully saturated rings. The first-order chi connectivity index (χ1) is 18.7. The number of nitrogens with one attached hydrogen (secondary N) is 1. The molecule has 0 bridgehead atoms. The fourth-order valence-corrected chi connectivity index (χ4v) is 4.85. The number of aromatic nitrogens is 3. The molecule has 0 saturated carbocycles. The highest BCUT2D eigenvalue weighted by atomic mass is 32.2. The van der Waals surface area contributed by atoms with E-state index in [1.807, 2.05) is 95.6 Å². The van der Waals surface area contributed by atoms with Crippen molar-refractivity contribution >= 4 is 34.1 Å². The summed E-state index contributed by atoms with van der Waals surface area (Å²) in [5, 5.41) is 14.5.